The monoisotopic (exact) mass is 365 g/mol. The fourth-order valence-electron chi connectivity index (χ4n) is 4.88. The number of hydrogen-bond donors (Lipinski definition) is 2. The zero-order chi connectivity index (χ0) is 19.1. The van der Waals surface area contributed by atoms with E-state index in [4.69, 9.17) is 10.5 Å². The third-order valence-electron chi connectivity index (χ3n) is 6.80. The Labute approximate surface area is 157 Å². The van der Waals surface area contributed by atoms with Crippen LogP contribution in [-0.4, -0.2) is 79.2 Å². The van der Waals surface area contributed by atoms with Crippen molar-refractivity contribution in [3.8, 4) is 0 Å². The Morgan fingerprint density at radius 1 is 1.27 bits per heavy atom. The summed E-state index contributed by atoms with van der Waals surface area (Å²) in [6, 6.07) is 0.395. The summed E-state index contributed by atoms with van der Waals surface area (Å²) in [5, 5.41) is 3.72. The van der Waals surface area contributed by atoms with Crippen LogP contribution in [0.2, 0.25) is 0 Å². The lowest BCUT2D eigenvalue weighted by atomic mass is 9.55. The summed E-state index contributed by atoms with van der Waals surface area (Å²) in [4.78, 5) is 20.7. The van der Waals surface area contributed by atoms with Gasteiger partial charge in [-0.1, -0.05) is 13.8 Å². The van der Waals surface area contributed by atoms with Crippen LogP contribution in [0.3, 0.4) is 0 Å². The van der Waals surface area contributed by atoms with Gasteiger partial charge < -0.3 is 20.7 Å². The Bertz CT molecular complexity index is 566. The number of primary amides is 1. The van der Waals surface area contributed by atoms with Gasteiger partial charge in [-0.2, -0.15) is 0 Å². The molecule has 0 aromatic carbocycles. The van der Waals surface area contributed by atoms with Crippen molar-refractivity contribution in [2.75, 3.05) is 39.8 Å². The van der Waals surface area contributed by atoms with Crippen LogP contribution in [0.5, 0.6) is 0 Å². The molecule has 0 bridgehead atoms. The second-order valence-corrected chi connectivity index (χ2v) is 8.99. The van der Waals surface area contributed by atoms with Crippen LogP contribution in [0.4, 0.5) is 0 Å². The predicted octanol–water partition coefficient (Wildman–Crippen LogP) is 0.647. The molecular formula is C19H35N5O2. The fraction of sp³-hybridized carbons (Fsp3) is 0.895. The molecule has 0 radical (unpaired) electrons. The minimum Gasteiger partial charge on any atom is -0.377 e. The Hall–Kier alpha value is -1.34. The third kappa shape index (κ3) is 3.20. The summed E-state index contributed by atoms with van der Waals surface area (Å²) in [5.74, 6) is 1.27. The van der Waals surface area contributed by atoms with Gasteiger partial charge in [0.2, 0.25) is 5.91 Å². The molecule has 1 saturated carbocycles. The maximum atomic E-state index is 11.7. The van der Waals surface area contributed by atoms with E-state index in [1.54, 1.807) is 0 Å². The molecule has 26 heavy (non-hydrogen) atoms. The number of ether oxygens (including phenoxy) is 1. The number of rotatable bonds is 3. The van der Waals surface area contributed by atoms with E-state index in [1.807, 2.05) is 20.9 Å². The first-order valence-electron chi connectivity index (χ1n) is 9.84. The fourth-order valence-corrected chi connectivity index (χ4v) is 4.88. The van der Waals surface area contributed by atoms with E-state index in [2.05, 4.69) is 34.0 Å². The van der Waals surface area contributed by atoms with Crippen LogP contribution in [0.15, 0.2) is 4.99 Å². The van der Waals surface area contributed by atoms with Gasteiger partial charge in [-0.15, -0.1) is 0 Å². The van der Waals surface area contributed by atoms with Crippen molar-refractivity contribution in [1.29, 1.82) is 0 Å². The molecule has 3 atom stereocenters. The number of fused-ring (bicyclic) bond motifs is 1. The predicted molar refractivity (Wildman–Crippen MR) is 103 cm³/mol. The summed E-state index contributed by atoms with van der Waals surface area (Å²) < 4.78 is 6.01. The van der Waals surface area contributed by atoms with Crippen molar-refractivity contribution in [1.82, 2.24) is 15.1 Å². The SMILES string of the molecule is CN=C(NC1C2CCCOC2C1(C)C)N1CCN(C(C)(C)C(N)=O)CC1. The van der Waals surface area contributed by atoms with Crippen LogP contribution in [0.25, 0.3) is 0 Å². The second-order valence-electron chi connectivity index (χ2n) is 8.99. The minimum atomic E-state index is -0.605. The van der Waals surface area contributed by atoms with Crippen molar-refractivity contribution < 1.29 is 9.53 Å². The summed E-state index contributed by atoms with van der Waals surface area (Å²) in [6.45, 7) is 12.6. The van der Waals surface area contributed by atoms with Gasteiger partial charge in [0.25, 0.3) is 0 Å². The molecule has 7 heteroatoms. The lowest BCUT2D eigenvalue weighted by molar-refractivity contribution is -0.188. The molecule has 3 aliphatic rings. The molecule has 2 aliphatic heterocycles. The second kappa shape index (κ2) is 7.00. The highest BCUT2D eigenvalue weighted by Gasteiger charge is 2.58. The van der Waals surface area contributed by atoms with Gasteiger partial charge in [0.05, 0.1) is 11.6 Å². The zero-order valence-electron chi connectivity index (χ0n) is 16.9. The molecule has 1 amide bonds. The number of amides is 1. The van der Waals surface area contributed by atoms with E-state index in [0.717, 1.165) is 45.2 Å². The van der Waals surface area contributed by atoms with Crippen molar-refractivity contribution in [2.45, 2.75) is 58.2 Å². The van der Waals surface area contributed by atoms with Gasteiger partial charge >= 0.3 is 0 Å². The molecule has 7 nitrogen and oxygen atoms in total. The summed E-state index contributed by atoms with van der Waals surface area (Å²) in [5.41, 5.74) is 5.08. The molecule has 3 unspecified atom stereocenters. The Kier molecular flexibility index (Phi) is 5.23. The molecule has 3 N–H and O–H groups in total. The zero-order valence-corrected chi connectivity index (χ0v) is 16.9. The highest BCUT2D eigenvalue weighted by molar-refractivity contribution is 5.84. The number of piperazine rings is 1. The summed E-state index contributed by atoms with van der Waals surface area (Å²) >= 11 is 0. The van der Waals surface area contributed by atoms with Crippen molar-refractivity contribution >= 4 is 11.9 Å². The highest BCUT2D eigenvalue weighted by atomic mass is 16.5. The normalized spacial score (nSPS) is 32.6. The number of carbonyl (C=O) groups is 1. The molecule has 2 heterocycles. The van der Waals surface area contributed by atoms with Crippen molar-refractivity contribution in [3.63, 3.8) is 0 Å². The average Bonchev–Trinajstić information content (AvgIpc) is 2.62. The number of nitrogens with zero attached hydrogens (tertiary/aromatic N) is 3. The van der Waals surface area contributed by atoms with E-state index in [9.17, 15) is 4.79 Å². The van der Waals surface area contributed by atoms with Crippen LogP contribution >= 0.6 is 0 Å². The van der Waals surface area contributed by atoms with Crippen LogP contribution < -0.4 is 11.1 Å². The van der Waals surface area contributed by atoms with E-state index in [0.29, 0.717) is 18.1 Å². The van der Waals surface area contributed by atoms with E-state index >= 15 is 0 Å². The molecular weight excluding hydrogens is 330 g/mol. The highest BCUT2D eigenvalue weighted by Crippen LogP contribution is 2.51. The lowest BCUT2D eigenvalue weighted by Gasteiger charge is -2.60. The first-order valence-corrected chi connectivity index (χ1v) is 9.84. The van der Waals surface area contributed by atoms with Gasteiger partial charge in [-0.05, 0) is 26.7 Å². The summed E-state index contributed by atoms with van der Waals surface area (Å²) in [7, 11) is 1.85. The molecule has 148 valence electrons. The van der Waals surface area contributed by atoms with Gasteiger partial charge in [0.1, 0.15) is 0 Å². The van der Waals surface area contributed by atoms with Gasteiger partial charge in [-0.25, -0.2) is 0 Å². The van der Waals surface area contributed by atoms with E-state index in [-0.39, 0.29) is 11.3 Å². The maximum Gasteiger partial charge on any atom is 0.237 e. The number of nitrogens with one attached hydrogen (secondary N) is 1. The first-order chi connectivity index (χ1) is 12.2. The first kappa shape index (κ1) is 19.4. The molecule has 0 aromatic rings. The maximum absolute atomic E-state index is 11.7. The molecule has 3 fully saturated rings. The van der Waals surface area contributed by atoms with Crippen LogP contribution in [0, 0.1) is 11.3 Å². The number of carbonyl (C=O) groups excluding carboxylic acids is 1. The number of guanidine groups is 1. The average molecular weight is 366 g/mol. The van der Waals surface area contributed by atoms with Gasteiger partial charge in [0.15, 0.2) is 5.96 Å². The number of nitrogens with two attached hydrogens (primary N) is 1. The van der Waals surface area contributed by atoms with Crippen LogP contribution in [-0.2, 0) is 9.53 Å². The topological polar surface area (TPSA) is 83.2 Å². The number of aliphatic imine (C=N–C) groups is 1. The molecule has 1 aliphatic carbocycles. The minimum absolute atomic E-state index is 0.122. The molecule has 0 aromatic heterocycles. The van der Waals surface area contributed by atoms with Gasteiger partial charge in [0, 0.05) is 57.2 Å². The number of hydrogen-bond acceptors (Lipinski definition) is 4. The molecule has 0 spiro atoms. The standard InChI is InChI=1S/C19H35N5O2/c1-18(2)14(13-7-6-12-26-15(13)18)22-17(21-5)23-8-10-24(11-9-23)19(3,4)16(20)25/h13-15H,6-12H2,1-5H3,(H2,20,25)(H,21,22). The van der Waals surface area contributed by atoms with Gasteiger partial charge in [-0.3, -0.25) is 14.7 Å². The Balaban J connectivity index is 1.60. The Morgan fingerprint density at radius 3 is 2.50 bits per heavy atom. The lowest BCUT2D eigenvalue weighted by Crippen LogP contribution is -2.71. The summed E-state index contributed by atoms with van der Waals surface area (Å²) in [6.07, 6.45) is 2.73. The largest absolute Gasteiger partial charge is 0.377 e. The molecule has 2 saturated heterocycles. The molecule has 3 rings (SSSR count). The Morgan fingerprint density at radius 2 is 1.92 bits per heavy atom. The smallest absolute Gasteiger partial charge is 0.237 e. The quantitative estimate of drug-likeness (QED) is 0.567. The van der Waals surface area contributed by atoms with Crippen LogP contribution in [0.1, 0.15) is 40.5 Å². The van der Waals surface area contributed by atoms with E-state index < -0.39 is 5.54 Å². The van der Waals surface area contributed by atoms with E-state index in [1.165, 1.54) is 6.42 Å². The van der Waals surface area contributed by atoms with Crippen molar-refractivity contribution in [2.24, 2.45) is 22.1 Å². The third-order valence-corrected chi connectivity index (χ3v) is 6.80. The van der Waals surface area contributed by atoms with Crippen molar-refractivity contribution in [3.05, 3.63) is 0 Å².